The Morgan fingerprint density at radius 3 is 2.24 bits per heavy atom. The molecule has 1 N–H and O–H groups in total. The number of likely N-dealkylation sites (N-methyl/N-ethyl adjacent to an activating group) is 1. The van der Waals surface area contributed by atoms with E-state index in [9.17, 15) is 0 Å². The molecule has 3 rings (SSSR count). The first-order valence-electron chi connectivity index (χ1n) is 7.18. The normalized spacial score (nSPS) is 12.5. The molecule has 2 heteroatoms. The fourth-order valence-corrected chi connectivity index (χ4v) is 3.03. The van der Waals surface area contributed by atoms with E-state index >= 15 is 0 Å². The number of rotatable bonds is 4. The molecule has 0 saturated heterocycles. The van der Waals surface area contributed by atoms with Gasteiger partial charge in [0.1, 0.15) is 0 Å². The lowest BCUT2D eigenvalue weighted by molar-refractivity contribution is 0.596. The van der Waals surface area contributed by atoms with Gasteiger partial charge in [-0.3, -0.25) is 0 Å². The van der Waals surface area contributed by atoms with Crippen molar-refractivity contribution in [3.8, 4) is 0 Å². The van der Waals surface area contributed by atoms with Crippen molar-refractivity contribution in [1.29, 1.82) is 0 Å². The summed E-state index contributed by atoms with van der Waals surface area (Å²) in [7, 11) is 2.01. The third kappa shape index (κ3) is 2.94. The molecule has 3 aromatic carbocycles. The van der Waals surface area contributed by atoms with Crippen molar-refractivity contribution >= 4 is 22.4 Å². The van der Waals surface area contributed by atoms with Crippen molar-refractivity contribution in [2.45, 2.75) is 12.5 Å². The summed E-state index contributed by atoms with van der Waals surface area (Å²) in [6, 6.07) is 23.3. The predicted molar refractivity (Wildman–Crippen MR) is 90.9 cm³/mol. The molecule has 0 aromatic heterocycles. The van der Waals surface area contributed by atoms with Gasteiger partial charge in [-0.1, -0.05) is 72.3 Å². The number of nitrogens with one attached hydrogen (secondary N) is 1. The van der Waals surface area contributed by atoms with Gasteiger partial charge in [-0.25, -0.2) is 0 Å². The van der Waals surface area contributed by atoms with Crippen LogP contribution in [0.2, 0.25) is 5.02 Å². The van der Waals surface area contributed by atoms with E-state index in [-0.39, 0.29) is 6.04 Å². The molecule has 0 aliphatic rings. The Bertz CT molecular complexity index is 737. The molecule has 0 fully saturated rings. The third-order valence-corrected chi connectivity index (χ3v) is 4.24. The van der Waals surface area contributed by atoms with Gasteiger partial charge in [0.2, 0.25) is 0 Å². The van der Waals surface area contributed by atoms with Crippen LogP contribution in [0.5, 0.6) is 0 Å². The maximum Gasteiger partial charge on any atom is 0.0484 e. The molecule has 21 heavy (non-hydrogen) atoms. The Balaban J connectivity index is 2.03. The van der Waals surface area contributed by atoms with E-state index in [0.29, 0.717) is 0 Å². The Morgan fingerprint density at radius 2 is 1.52 bits per heavy atom. The summed E-state index contributed by atoms with van der Waals surface area (Å²) in [5, 5.41) is 6.58. The molecule has 0 bridgehead atoms. The van der Waals surface area contributed by atoms with Crippen molar-refractivity contribution in [2.75, 3.05) is 7.05 Å². The molecule has 106 valence electrons. The summed E-state index contributed by atoms with van der Waals surface area (Å²) in [6.45, 7) is 0. The molecule has 0 amide bonds. The summed E-state index contributed by atoms with van der Waals surface area (Å²) in [6.07, 6.45) is 0.961. The molecule has 1 atom stereocenters. The van der Waals surface area contributed by atoms with Crippen molar-refractivity contribution in [2.24, 2.45) is 0 Å². The number of halogens is 1. The minimum atomic E-state index is 0.273. The molecule has 3 aromatic rings. The average Bonchev–Trinajstić information content (AvgIpc) is 2.55. The van der Waals surface area contributed by atoms with E-state index in [1.165, 1.54) is 16.5 Å². The summed E-state index contributed by atoms with van der Waals surface area (Å²) in [4.78, 5) is 0. The lowest BCUT2D eigenvalue weighted by Crippen LogP contribution is -2.19. The van der Waals surface area contributed by atoms with Crippen molar-refractivity contribution in [3.05, 3.63) is 82.9 Å². The lowest BCUT2D eigenvalue weighted by atomic mass is 9.94. The van der Waals surface area contributed by atoms with Crippen LogP contribution in [0.3, 0.4) is 0 Å². The zero-order valence-corrected chi connectivity index (χ0v) is 12.8. The van der Waals surface area contributed by atoms with E-state index in [1.54, 1.807) is 0 Å². The second-order valence-electron chi connectivity index (χ2n) is 5.21. The molecule has 0 aliphatic carbocycles. The van der Waals surface area contributed by atoms with Gasteiger partial charge in [-0.2, -0.15) is 0 Å². The van der Waals surface area contributed by atoms with Gasteiger partial charge >= 0.3 is 0 Å². The van der Waals surface area contributed by atoms with Crippen LogP contribution in [0.25, 0.3) is 10.8 Å². The zero-order valence-electron chi connectivity index (χ0n) is 12.0. The van der Waals surface area contributed by atoms with Crippen LogP contribution in [-0.2, 0) is 6.42 Å². The van der Waals surface area contributed by atoms with Gasteiger partial charge in [0.15, 0.2) is 0 Å². The molecule has 0 heterocycles. The number of fused-ring (bicyclic) bond motifs is 1. The van der Waals surface area contributed by atoms with Crippen LogP contribution >= 0.6 is 11.6 Å². The monoisotopic (exact) mass is 295 g/mol. The molecule has 1 unspecified atom stereocenters. The smallest absolute Gasteiger partial charge is 0.0484 e. The number of hydrogen-bond donors (Lipinski definition) is 1. The first-order chi connectivity index (χ1) is 10.3. The Morgan fingerprint density at radius 1 is 0.857 bits per heavy atom. The number of benzene rings is 3. The van der Waals surface area contributed by atoms with Gasteiger partial charge in [-0.15, -0.1) is 0 Å². The Kier molecular flexibility index (Phi) is 4.23. The predicted octanol–water partition coefficient (Wildman–Crippen LogP) is 5.00. The van der Waals surface area contributed by atoms with Crippen molar-refractivity contribution < 1.29 is 0 Å². The highest BCUT2D eigenvalue weighted by atomic mass is 35.5. The van der Waals surface area contributed by atoms with Crippen LogP contribution in [0.1, 0.15) is 17.2 Å². The van der Waals surface area contributed by atoms with E-state index < -0.39 is 0 Å². The van der Waals surface area contributed by atoms with Crippen LogP contribution in [0.15, 0.2) is 66.7 Å². The van der Waals surface area contributed by atoms with Crippen LogP contribution < -0.4 is 5.32 Å². The van der Waals surface area contributed by atoms with Gasteiger partial charge in [-0.05, 0) is 36.0 Å². The lowest BCUT2D eigenvalue weighted by Gasteiger charge is -2.19. The summed E-state index contributed by atoms with van der Waals surface area (Å²) >= 11 is 6.32. The molecule has 0 saturated carbocycles. The topological polar surface area (TPSA) is 12.0 Å². The zero-order chi connectivity index (χ0) is 14.7. The second kappa shape index (κ2) is 6.30. The number of hydrogen-bond acceptors (Lipinski definition) is 1. The first-order valence-corrected chi connectivity index (χ1v) is 7.55. The summed E-state index contributed by atoms with van der Waals surface area (Å²) < 4.78 is 0. The van der Waals surface area contributed by atoms with E-state index in [4.69, 9.17) is 11.6 Å². The van der Waals surface area contributed by atoms with Crippen LogP contribution in [-0.4, -0.2) is 7.05 Å². The summed E-state index contributed by atoms with van der Waals surface area (Å²) in [5.74, 6) is 0. The minimum absolute atomic E-state index is 0.273. The molecule has 1 nitrogen and oxygen atoms in total. The van der Waals surface area contributed by atoms with E-state index in [0.717, 1.165) is 16.8 Å². The van der Waals surface area contributed by atoms with E-state index in [1.807, 2.05) is 19.2 Å². The van der Waals surface area contributed by atoms with E-state index in [2.05, 4.69) is 59.9 Å². The standard InChI is InChI=1S/C19H18ClN/c1-21-19(13-14-7-3-2-4-8-14)17-11-12-18(20)16-10-6-5-9-15(16)17/h2-12,19,21H,13H2,1H3. The van der Waals surface area contributed by atoms with Crippen LogP contribution in [0.4, 0.5) is 0 Å². The quantitative estimate of drug-likeness (QED) is 0.714. The highest BCUT2D eigenvalue weighted by Crippen LogP contribution is 2.31. The largest absolute Gasteiger partial charge is 0.313 e. The second-order valence-corrected chi connectivity index (χ2v) is 5.62. The molecular formula is C19H18ClN. The maximum absolute atomic E-state index is 6.32. The minimum Gasteiger partial charge on any atom is -0.313 e. The maximum atomic E-state index is 6.32. The fraction of sp³-hybridized carbons (Fsp3) is 0.158. The van der Waals surface area contributed by atoms with Gasteiger partial charge in [0.05, 0.1) is 0 Å². The highest BCUT2D eigenvalue weighted by molar-refractivity contribution is 6.35. The van der Waals surface area contributed by atoms with Gasteiger partial charge in [0.25, 0.3) is 0 Å². The molecule has 0 aliphatic heterocycles. The highest BCUT2D eigenvalue weighted by Gasteiger charge is 2.14. The summed E-state index contributed by atoms with van der Waals surface area (Å²) in [5.41, 5.74) is 2.62. The first kappa shape index (κ1) is 14.1. The Hall–Kier alpha value is -1.83. The third-order valence-electron chi connectivity index (χ3n) is 3.91. The SMILES string of the molecule is CNC(Cc1ccccc1)c1ccc(Cl)c2ccccc12. The average molecular weight is 296 g/mol. The molecule has 0 radical (unpaired) electrons. The molecular weight excluding hydrogens is 278 g/mol. The molecule has 0 spiro atoms. The Labute approximate surface area is 130 Å². The van der Waals surface area contributed by atoms with Crippen molar-refractivity contribution in [3.63, 3.8) is 0 Å². The van der Waals surface area contributed by atoms with Gasteiger partial charge < -0.3 is 5.32 Å². The van der Waals surface area contributed by atoms with Crippen LogP contribution in [0, 0.1) is 0 Å². The fourth-order valence-electron chi connectivity index (χ4n) is 2.81. The van der Waals surface area contributed by atoms with Crippen molar-refractivity contribution in [1.82, 2.24) is 5.32 Å². The van der Waals surface area contributed by atoms with Gasteiger partial charge in [0, 0.05) is 16.5 Å².